The van der Waals surface area contributed by atoms with E-state index in [1.165, 1.54) is 0 Å². The Morgan fingerprint density at radius 2 is 2.37 bits per heavy atom. The summed E-state index contributed by atoms with van der Waals surface area (Å²) in [6.07, 6.45) is 6.39. The van der Waals surface area contributed by atoms with Gasteiger partial charge in [-0.25, -0.2) is 9.97 Å². The number of rotatable bonds is 3. The summed E-state index contributed by atoms with van der Waals surface area (Å²) in [7, 11) is 0. The zero-order chi connectivity index (χ0) is 13.2. The second-order valence-electron chi connectivity index (χ2n) is 5.03. The minimum atomic E-state index is 0.245. The Morgan fingerprint density at radius 1 is 1.47 bits per heavy atom. The van der Waals surface area contributed by atoms with E-state index in [4.69, 9.17) is 0 Å². The monoisotopic (exact) mass is 259 g/mol. The Balaban J connectivity index is 1.78. The number of nitrogens with one attached hydrogen (secondary N) is 2. The first-order chi connectivity index (χ1) is 9.28. The number of H-pyrrole nitrogens is 1. The molecule has 1 saturated heterocycles. The van der Waals surface area contributed by atoms with E-state index in [2.05, 4.69) is 27.2 Å². The van der Waals surface area contributed by atoms with Crippen LogP contribution in [-0.2, 0) is 4.79 Å². The largest absolute Gasteiger partial charge is 0.365 e. The smallest absolute Gasteiger partial charge is 0.210 e. The molecule has 1 aliphatic rings. The minimum absolute atomic E-state index is 0.245. The molecular formula is C13H17N5O. The lowest BCUT2D eigenvalue weighted by Crippen LogP contribution is -2.46. The topological polar surface area (TPSA) is 73.9 Å². The second kappa shape index (κ2) is 4.87. The zero-order valence-corrected chi connectivity index (χ0v) is 10.8. The van der Waals surface area contributed by atoms with Crippen LogP contribution in [0.5, 0.6) is 0 Å². The molecule has 0 aromatic carbocycles. The fourth-order valence-electron chi connectivity index (χ4n) is 2.58. The number of fused-ring (bicyclic) bond motifs is 1. The molecule has 1 amide bonds. The van der Waals surface area contributed by atoms with Crippen LogP contribution in [0.15, 0.2) is 18.6 Å². The van der Waals surface area contributed by atoms with Crippen LogP contribution in [0.25, 0.3) is 11.0 Å². The van der Waals surface area contributed by atoms with Crippen molar-refractivity contribution in [3.63, 3.8) is 0 Å². The van der Waals surface area contributed by atoms with E-state index in [1.54, 1.807) is 6.33 Å². The quantitative estimate of drug-likeness (QED) is 0.817. The first-order valence-electron chi connectivity index (χ1n) is 6.53. The highest BCUT2D eigenvalue weighted by molar-refractivity contribution is 5.86. The maximum atomic E-state index is 11.0. The molecule has 0 saturated carbocycles. The van der Waals surface area contributed by atoms with E-state index in [0.717, 1.165) is 42.6 Å². The van der Waals surface area contributed by atoms with Crippen LogP contribution in [0.1, 0.15) is 19.8 Å². The number of aromatic amines is 1. The highest BCUT2D eigenvalue weighted by atomic mass is 16.1. The average molecular weight is 259 g/mol. The maximum Gasteiger partial charge on any atom is 0.210 e. The van der Waals surface area contributed by atoms with E-state index >= 15 is 0 Å². The van der Waals surface area contributed by atoms with E-state index in [1.807, 2.05) is 17.2 Å². The molecule has 2 aromatic heterocycles. The van der Waals surface area contributed by atoms with Crippen molar-refractivity contribution in [3.05, 3.63) is 18.6 Å². The van der Waals surface area contributed by atoms with Gasteiger partial charge in [-0.2, -0.15) is 0 Å². The van der Waals surface area contributed by atoms with Gasteiger partial charge in [0.25, 0.3) is 0 Å². The number of carbonyl (C=O) groups excluding carboxylic acids is 1. The number of amides is 1. The summed E-state index contributed by atoms with van der Waals surface area (Å²) in [6.45, 7) is 2.81. The third kappa shape index (κ3) is 2.25. The molecule has 6 nitrogen and oxygen atoms in total. The Morgan fingerprint density at radius 3 is 3.21 bits per heavy atom. The van der Waals surface area contributed by atoms with Crippen molar-refractivity contribution in [1.29, 1.82) is 0 Å². The molecule has 0 bridgehead atoms. The third-order valence-electron chi connectivity index (χ3n) is 3.76. The molecule has 1 fully saturated rings. The van der Waals surface area contributed by atoms with Crippen molar-refractivity contribution in [2.45, 2.75) is 31.8 Å². The van der Waals surface area contributed by atoms with Gasteiger partial charge in [-0.05, 0) is 25.8 Å². The number of carbonyl (C=O) groups is 1. The number of aromatic nitrogens is 3. The normalized spacial score (nSPS) is 23.5. The summed E-state index contributed by atoms with van der Waals surface area (Å²) >= 11 is 0. The Kier molecular flexibility index (Phi) is 3.06. The van der Waals surface area contributed by atoms with Crippen molar-refractivity contribution in [3.8, 4) is 0 Å². The number of hydrogen-bond acceptors (Lipinski definition) is 4. The minimum Gasteiger partial charge on any atom is -0.365 e. The molecule has 2 aromatic rings. The lowest BCUT2D eigenvalue weighted by atomic mass is 10.00. The van der Waals surface area contributed by atoms with Crippen LogP contribution in [0, 0.1) is 0 Å². The number of anilines is 1. The number of nitrogens with zero attached hydrogens (tertiary/aromatic N) is 3. The van der Waals surface area contributed by atoms with Gasteiger partial charge in [0.2, 0.25) is 6.41 Å². The van der Waals surface area contributed by atoms with E-state index in [9.17, 15) is 4.79 Å². The molecule has 6 heteroatoms. The molecule has 100 valence electrons. The molecule has 2 atom stereocenters. The number of piperidine rings is 1. The van der Waals surface area contributed by atoms with Crippen LogP contribution in [0.2, 0.25) is 0 Å². The summed E-state index contributed by atoms with van der Waals surface area (Å²) < 4.78 is 0. The maximum absolute atomic E-state index is 11.0. The van der Waals surface area contributed by atoms with Crippen LogP contribution in [0.3, 0.4) is 0 Å². The molecule has 1 aliphatic heterocycles. The zero-order valence-electron chi connectivity index (χ0n) is 10.8. The average Bonchev–Trinajstić information content (AvgIpc) is 2.90. The third-order valence-corrected chi connectivity index (χ3v) is 3.76. The van der Waals surface area contributed by atoms with Gasteiger partial charge in [0.1, 0.15) is 17.8 Å². The summed E-state index contributed by atoms with van der Waals surface area (Å²) in [5, 5.41) is 4.41. The van der Waals surface area contributed by atoms with E-state index < -0.39 is 0 Å². The van der Waals surface area contributed by atoms with Gasteiger partial charge in [0.15, 0.2) is 0 Å². The second-order valence-corrected chi connectivity index (χ2v) is 5.03. The number of likely N-dealkylation sites (tertiary alicyclic amines) is 1. The van der Waals surface area contributed by atoms with Crippen molar-refractivity contribution >= 4 is 23.3 Å². The van der Waals surface area contributed by atoms with Gasteiger partial charge in [-0.15, -0.1) is 0 Å². The van der Waals surface area contributed by atoms with Gasteiger partial charge in [0.05, 0.1) is 5.39 Å². The summed E-state index contributed by atoms with van der Waals surface area (Å²) in [6, 6.07) is 2.53. The van der Waals surface area contributed by atoms with Crippen LogP contribution < -0.4 is 5.32 Å². The Hall–Kier alpha value is -2.11. The van der Waals surface area contributed by atoms with E-state index in [-0.39, 0.29) is 6.04 Å². The molecule has 2 N–H and O–H groups in total. The molecule has 0 aliphatic carbocycles. The van der Waals surface area contributed by atoms with Gasteiger partial charge in [-0.3, -0.25) is 4.79 Å². The van der Waals surface area contributed by atoms with Gasteiger partial charge >= 0.3 is 0 Å². The molecular weight excluding hydrogens is 242 g/mol. The van der Waals surface area contributed by atoms with Crippen molar-refractivity contribution < 1.29 is 4.79 Å². The fraction of sp³-hybridized carbons (Fsp3) is 0.462. The van der Waals surface area contributed by atoms with Gasteiger partial charge in [-0.1, -0.05) is 0 Å². The first-order valence-corrected chi connectivity index (χ1v) is 6.53. The molecule has 2 unspecified atom stereocenters. The first kappa shape index (κ1) is 12.0. The van der Waals surface area contributed by atoms with Crippen molar-refractivity contribution in [1.82, 2.24) is 19.9 Å². The Bertz CT molecular complexity index is 581. The van der Waals surface area contributed by atoms with E-state index in [0.29, 0.717) is 6.04 Å². The fourth-order valence-corrected chi connectivity index (χ4v) is 2.58. The van der Waals surface area contributed by atoms with Gasteiger partial charge < -0.3 is 15.2 Å². The lowest BCUT2D eigenvalue weighted by Gasteiger charge is -2.35. The molecule has 3 rings (SSSR count). The predicted octanol–water partition coefficient (Wildman–Crippen LogP) is 1.38. The highest BCUT2D eigenvalue weighted by Gasteiger charge is 2.24. The molecule has 19 heavy (non-hydrogen) atoms. The predicted molar refractivity (Wildman–Crippen MR) is 72.8 cm³/mol. The standard InChI is InChI=1S/C13H17N5O/c1-9-2-3-10(6-18(9)8-19)17-13-11-4-5-14-12(11)15-7-16-13/h4-5,7-10H,2-3,6H2,1H3,(H2,14,15,16,17). The van der Waals surface area contributed by atoms with Crippen molar-refractivity contribution in [2.75, 3.05) is 11.9 Å². The van der Waals surface area contributed by atoms with Crippen molar-refractivity contribution in [2.24, 2.45) is 0 Å². The highest BCUT2D eigenvalue weighted by Crippen LogP contribution is 2.22. The van der Waals surface area contributed by atoms with Gasteiger partial charge in [0, 0.05) is 24.8 Å². The van der Waals surface area contributed by atoms with Crippen LogP contribution >= 0.6 is 0 Å². The van der Waals surface area contributed by atoms with Crippen LogP contribution in [0.4, 0.5) is 5.82 Å². The Labute approximate surface area is 111 Å². The van der Waals surface area contributed by atoms with Crippen LogP contribution in [-0.4, -0.2) is 44.9 Å². The number of hydrogen-bond donors (Lipinski definition) is 2. The SMILES string of the molecule is CC1CCC(Nc2ncnc3[nH]ccc23)CN1C=O. The summed E-state index contributed by atoms with van der Waals surface area (Å²) in [4.78, 5) is 24.4. The molecule has 0 spiro atoms. The molecule has 0 radical (unpaired) electrons. The lowest BCUT2D eigenvalue weighted by molar-refractivity contribution is -0.121. The molecule has 3 heterocycles. The summed E-state index contributed by atoms with van der Waals surface area (Å²) in [5.41, 5.74) is 0.828. The summed E-state index contributed by atoms with van der Waals surface area (Å²) in [5.74, 6) is 0.830.